The van der Waals surface area contributed by atoms with Crippen LogP contribution >= 0.6 is 0 Å². The van der Waals surface area contributed by atoms with Crippen LogP contribution in [-0.2, 0) is 18.8 Å². The average Bonchev–Trinajstić information content (AvgIpc) is 2.73. The van der Waals surface area contributed by atoms with Crippen LogP contribution in [0.5, 0.6) is 0 Å². The van der Waals surface area contributed by atoms with Gasteiger partial charge in [0.15, 0.2) is 0 Å². The van der Waals surface area contributed by atoms with Crippen LogP contribution in [0.1, 0.15) is 40.0 Å². The Hall–Kier alpha value is -2.24. The molecular weight excluding hydrogens is 380 g/mol. The average molecular weight is 411 g/mol. The third kappa shape index (κ3) is 4.21. The summed E-state index contributed by atoms with van der Waals surface area (Å²) in [7, 11) is -1.36. The largest absolute Gasteiger partial charge is 0.468 e. The standard InChI is InChI=1S/C24H30O4Si/c1-24(2,3)29(19-11-7-5-8-12-19,20-13-9-6-10-14-20)28-18-15-16-22(25)21(17-18)23(26)27-4/h5-14,18,21H,15-17H2,1-4H3. The van der Waals surface area contributed by atoms with Crippen LogP contribution in [0.3, 0.4) is 0 Å². The second-order valence-electron chi connectivity index (χ2n) is 8.72. The van der Waals surface area contributed by atoms with E-state index < -0.39 is 20.2 Å². The topological polar surface area (TPSA) is 52.6 Å². The minimum Gasteiger partial charge on any atom is -0.468 e. The van der Waals surface area contributed by atoms with Gasteiger partial charge in [-0.1, -0.05) is 81.4 Å². The van der Waals surface area contributed by atoms with Crippen LogP contribution in [-0.4, -0.2) is 33.3 Å². The first-order valence-corrected chi connectivity index (χ1v) is 12.1. The van der Waals surface area contributed by atoms with E-state index in [1.807, 2.05) is 12.1 Å². The minimum absolute atomic E-state index is 0.0425. The van der Waals surface area contributed by atoms with Crippen LogP contribution < -0.4 is 10.4 Å². The number of hydrogen-bond donors (Lipinski definition) is 0. The Morgan fingerprint density at radius 2 is 1.48 bits per heavy atom. The van der Waals surface area contributed by atoms with E-state index in [0.29, 0.717) is 19.3 Å². The summed E-state index contributed by atoms with van der Waals surface area (Å²) in [5.41, 5.74) is 0. The first kappa shape index (κ1) is 21.5. The molecule has 0 saturated heterocycles. The summed E-state index contributed by atoms with van der Waals surface area (Å²) in [6.45, 7) is 6.68. The van der Waals surface area contributed by atoms with E-state index in [4.69, 9.17) is 9.16 Å². The van der Waals surface area contributed by atoms with Gasteiger partial charge in [0.1, 0.15) is 11.7 Å². The van der Waals surface area contributed by atoms with Gasteiger partial charge >= 0.3 is 5.97 Å². The molecule has 3 rings (SSSR count). The molecule has 1 fully saturated rings. The number of ether oxygens (including phenoxy) is 1. The summed E-state index contributed by atoms with van der Waals surface area (Å²) in [6.07, 6.45) is 1.21. The first-order chi connectivity index (χ1) is 13.8. The molecule has 4 nitrogen and oxygen atoms in total. The highest BCUT2D eigenvalue weighted by atomic mass is 28.4. The molecule has 2 aromatic rings. The van der Waals surface area contributed by atoms with Crippen molar-refractivity contribution < 1.29 is 18.8 Å². The number of hydrogen-bond acceptors (Lipinski definition) is 4. The number of methoxy groups -OCH3 is 1. The number of ketones is 1. The highest BCUT2D eigenvalue weighted by molar-refractivity contribution is 6.99. The number of Topliss-reactive ketones (excluding diaryl/α,β-unsaturated/α-hetero) is 1. The van der Waals surface area contributed by atoms with Crippen molar-refractivity contribution >= 4 is 30.4 Å². The minimum atomic E-state index is -2.70. The van der Waals surface area contributed by atoms with Crippen LogP contribution in [0.4, 0.5) is 0 Å². The third-order valence-corrected chi connectivity index (χ3v) is 10.9. The Morgan fingerprint density at radius 3 is 1.93 bits per heavy atom. The van der Waals surface area contributed by atoms with Crippen molar-refractivity contribution in [2.45, 2.75) is 51.2 Å². The molecule has 0 heterocycles. The molecule has 0 amide bonds. The van der Waals surface area contributed by atoms with Gasteiger partial charge in [-0.15, -0.1) is 0 Å². The maximum atomic E-state index is 12.3. The van der Waals surface area contributed by atoms with E-state index in [9.17, 15) is 9.59 Å². The molecule has 0 radical (unpaired) electrons. The number of carbonyl (C=O) groups is 2. The van der Waals surface area contributed by atoms with E-state index in [1.54, 1.807) is 0 Å². The van der Waals surface area contributed by atoms with Gasteiger partial charge in [0, 0.05) is 12.5 Å². The van der Waals surface area contributed by atoms with Crippen LogP contribution in [0.25, 0.3) is 0 Å². The quantitative estimate of drug-likeness (QED) is 0.430. The van der Waals surface area contributed by atoms with Gasteiger partial charge in [-0.05, 0) is 28.3 Å². The lowest BCUT2D eigenvalue weighted by Crippen LogP contribution is -2.68. The fourth-order valence-corrected chi connectivity index (χ4v) is 9.14. The summed E-state index contributed by atoms with van der Waals surface area (Å²) >= 11 is 0. The van der Waals surface area contributed by atoms with Crippen molar-refractivity contribution in [3.8, 4) is 0 Å². The van der Waals surface area contributed by atoms with Crippen molar-refractivity contribution in [3.63, 3.8) is 0 Å². The highest BCUT2D eigenvalue weighted by Gasteiger charge is 2.52. The van der Waals surface area contributed by atoms with E-state index >= 15 is 0 Å². The second-order valence-corrected chi connectivity index (χ2v) is 13.0. The summed E-state index contributed by atoms with van der Waals surface area (Å²) in [5.74, 6) is -1.22. The lowest BCUT2D eigenvalue weighted by Gasteiger charge is -2.46. The monoisotopic (exact) mass is 410 g/mol. The molecule has 1 aliphatic carbocycles. The molecule has 2 aromatic carbocycles. The second kappa shape index (κ2) is 8.64. The van der Waals surface area contributed by atoms with Gasteiger partial charge in [-0.2, -0.15) is 0 Å². The molecule has 29 heavy (non-hydrogen) atoms. The summed E-state index contributed by atoms with van der Waals surface area (Å²) < 4.78 is 11.9. The van der Waals surface area contributed by atoms with Gasteiger partial charge in [0.25, 0.3) is 8.32 Å². The predicted octanol–water partition coefficient (Wildman–Crippen LogP) is 3.47. The summed E-state index contributed by atoms with van der Waals surface area (Å²) in [6, 6.07) is 20.8. The molecule has 0 N–H and O–H groups in total. The van der Waals surface area contributed by atoms with Crippen LogP contribution in [0.2, 0.25) is 5.04 Å². The Kier molecular flexibility index (Phi) is 6.39. The lowest BCUT2D eigenvalue weighted by atomic mass is 9.86. The Bertz CT molecular complexity index is 795. The molecule has 5 heteroatoms. The lowest BCUT2D eigenvalue weighted by molar-refractivity contribution is -0.152. The predicted molar refractivity (Wildman–Crippen MR) is 117 cm³/mol. The fourth-order valence-electron chi connectivity index (χ4n) is 4.41. The molecule has 1 aliphatic rings. The third-order valence-electron chi connectivity index (χ3n) is 5.85. The van der Waals surface area contributed by atoms with Gasteiger partial charge in [-0.3, -0.25) is 9.59 Å². The highest BCUT2D eigenvalue weighted by Crippen LogP contribution is 2.39. The molecule has 154 valence electrons. The molecule has 0 spiro atoms. The van der Waals surface area contributed by atoms with Gasteiger partial charge < -0.3 is 9.16 Å². The number of carbonyl (C=O) groups excluding carboxylic acids is 2. The zero-order valence-corrected chi connectivity index (χ0v) is 18.7. The molecular formula is C24H30O4Si. The molecule has 2 atom stereocenters. The van der Waals surface area contributed by atoms with Gasteiger partial charge in [0.2, 0.25) is 0 Å². The smallest absolute Gasteiger partial charge is 0.316 e. The normalized spacial score (nSPS) is 20.3. The maximum Gasteiger partial charge on any atom is 0.316 e. The molecule has 1 saturated carbocycles. The van der Waals surface area contributed by atoms with Crippen molar-refractivity contribution in [2.24, 2.45) is 5.92 Å². The fraction of sp³-hybridized carbons (Fsp3) is 0.417. The Balaban J connectivity index is 2.07. The molecule has 2 unspecified atom stereocenters. The Morgan fingerprint density at radius 1 is 0.966 bits per heavy atom. The van der Waals surface area contributed by atoms with E-state index in [1.165, 1.54) is 17.5 Å². The molecule has 0 aliphatic heterocycles. The van der Waals surface area contributed by atoms with Crippen molar-refractivity contribution in [2.75, 3.05) is 7.11 Å². The van der Waals surface area contributed by atoms with Crippen LogP contribution in [0.15, 0.2) is 60.7 Å². The number of esters is 1. The van der Waals surface area contributed by atoms with Crippen LogP contribution in [0, 0.1) is 5.92 Å². The van der Waals surface area contributed by atoms with Gasteiger partial charge in [0.05, 0.1) is 7.11 Å². The van der Waals surface area contributed by atoms with Crippen molar-refractivity contribution in [1.29, 1.82) is 0 Å². The van der Waals surface area contributed by atoms with Gasteiger partial charge in [-0.25, -0.2) is 0 Å². The van der Waals surface area contributed by atoms with Crippen molar-refractivity contribution in [3.05, 3.63) is 60.7 Å². The Labute approximate surface area is 174 Å². The van der Waals surface area contributed by atoms with E-state index in [2.05, 4.69) is 69.3 Å². The number of benzene rings is 2. The maximum absolute atomic E-state index is 12.3. The molecule has 0 bridgehead atoms. The summed E-state index contributed by atoms with van der Waals surface area (Å²) in [5, 5.41) is 2.26. The SMILES string of the molecule is COC(=O)C1CC(O[Si](c2ccccc2)(c2ccccc2)C(C)(C)C)CCC1=O. The zero-order chi connectivity index (χ0) is 21.1. The number of rotatable bonds is 5. The zero-order valence-electron chi connectivity index (χ0n) is 17.7. The first-order valence-electron chi connectivity index (χ1n) is 10.2. The molecule has 0 aromatic heterocycles. The van der Waals surface area contributed by atoms with E-state index in [-0.39, 0.29) is 16.9 Å². The van der Waals surface area contributed by atoms with E-state index in [0.717, 1.165) is 0 Å². The summed E-state index contributed by atoms with van der Waals surface area (Å²) in [4.78, 5) is 24.4. The van der Waals surface area contributed by atoms with Crippen molar-refractivity contribution in [1.82, 2.24) is 0 Å².